The summed E-state index contributed by atoms with van der Waals surface area (Å²) in [5.41, 5.74) is 0.453. The number of rotatable bonds is 4. The van der Waals surface area contributed by atoms with Crippen LogP contribution in [0, 0.1) is 0 Å². The molecule has 1 aromatic rings. The van der Waals surface area contributed by atoms with Crippen molar-refractivity contribution in [2.24, 2.45) is 0 Å². The molecule has 7 heteroatoms. The van der Waals surface area contributed by atoms with Crippen LogP contribution in [0.2, 0.25) is 0 Å². The van der Waals surface area contributed by atoms with E-state index in [1.165, 1.54) is 0 Å². The minimum atomic E-state index is -1.11. The van der Waals surface area contributed by atoms with Crippen molar-refractivity contribution in [3.8, 4) is 0 Å². The molecular formula is C12H16O6Se. The first-order chi connectivity index (χ1) is 9.08. The van der Waals surface area contributed by atoms with Gasteiger partial charge < -0.3 is 0 Å². The monoisotopic (exact) mass is 336 g/mol. The van der Waals surface area contributed by atoms with Crippen molar-refractivity contribution < 1.29 is 29.6 Å². The molecule has 0 saturated carbocycles. The zero-order valence-electron chi connectivity index (χ0n) is 10.4. The van der Waals surface area contributed by atoms with Crippen LogP contribution in [0.5, 0.6) is 0 Å². The molecule has 0 amide bonds. The third kappa shape index (κ3) is 2.91. The molecule has 1 aromatic heterocycles. The van der Waals surface area contributed by atoms with E-state index in [4.69, 9.17) is 14.6 Å². The van der Waals surface area contributed by atoms with Crippen molar-refractivity contribution in [3.63, 3.8) is 0 Å². The molecule has 1 fully saturated rings. The molecule has 4 atom stereocenters. The number of carbonyl (C=O) groups excluding carboxylic acids is 1. The number of ether oxygens (including phenoxy) is 2. The van der Waals surface area contributed by atoms with Crippen LogP contribution in [0.25, 0.3) is 0 Å². The molecule has 0 radical (unpaired) electrons. The summed E-state index contributed by atoms with van der Waals surface area (Å²) in [7, 11) is 0. The molecule has 1 aliphatic rings. The normalized spacial score (nSPS) is 30.5. The molecular weight excluding hydrogens is 319 g/mol. The summed E-state index contributed by atoms with van der Waals surface area (Å²) in [6.07, 6.45) is -3.66. The van der Waals surface area contributed by atoms with Crippen molar-refractivity contribution in [2.45, 2.75) is 31.3 Å². The molecule has 0 spiro atoms. The molecule has 0 unspecified atom stereocenters. The van der Waals surface area contributed by atoms with Crippen molar-refractivity contribution >= 4 is 20.5 Å². The Morgan fingerprint density at radius 3 is 2.79 bits per heavy atom. The fraction of sp³-hybridized carbons (Fsp3) is 0.583. The van der Waals surface area contributed by atoms with Gasteiger partial charge in [-0.15, -0.1) is 0 Å². The Hall–Kier alpha value is -0.691. The molecule has 2 heterocycles. The Balaban J connectivity index is 2.13. The van der Waals surface area contributed by atoms with Crippen molar-refractivity contribution in [2.75, 3.05) is 13.2 Å². The van der Waals surface area contributed by atoms with E-state index >= 15 is 0 Å². The van der Waals surface area contributed by atoms with Crippen molar-refractivity contribution in [1.29, 1.82) is 0 Å². The molecule has 0 bridgehead atoms. The van der Waals surface area contributed by atoms with Crippen LogP contribution in [0.15, 0.2) is 11.0 Å². The fourth-order valence-electron chi connectivity index (χ4n) is 1.96. The topological polar surface area (TPSA) is 96.2 Å². The third-order valence-corrected chi connectivity index (χ3v) is 5.04. The standard InChI is InChI=1S/C12H16O6Se/c1-2-17-12(16)6-3-8(19-5-6)11-10(15)9(14)7(4-13)18-11/h3,5,7,9-11,13-15H,2,4H2,1H3/t7-,9-,10-,11-/m1/s1. The number of hydrogen-bond acceptors (Lipinski definition) is 6. The van der Waals surface area contributed by atoms with E-state index in [1.807, 2.05) is 0 Å². The van der Waals surface area contributed by atoms with Gasteiger partial charge in [0.25, 0.3) is 0 Å². The first-order valence-electron chi connectivity index (χ1n) is 5.96. The average molecular weight is 335 g/mol. The predicted molar refractivity (Wildman–Crippen MR) is 66.1 cm³/mol. The Kier molecular flexibility index (Phi) is 4.78. The summed E-state index contributed by atoms with van der Waals surface area (Å²) in [5.74, 6) is -0.397. The second kappa shape index (κ2) is 6.17. The van der Waals surface area contributed by atoms with Gasteiger partial charge in [-0.2, -0.15) is 0 Å². The van der Waals surface area contributed by atoms with Crippen LogP contribution in [-0.2, 0) is 9.47 Å². The van der Waals surface area contributed by atoms with Gasteiger partial charge in [-0.25, -0.2) is 0 Å². The molecule has 0 aromatic carbocycles. The minimum absolute atomic E-state index is 0.127. The summed E-state index contributed by atoms with van der Waals surface area (Å²) < 4.78 is 11.1. The van der Waals surface area contributed by atoms with E-state index in [0.717, 1.165) is 4.44 Å². The van der Waals surface area contributed by atoms with Gasteiger partial charge in [0.15, 0.2) is 0 Å². The van der Waals surface area contributed by atoms with E-state index < -0.39 is 30.4 Å². The second-order valence-electron chi connectivity index (χ2n) is 4.22. The van der Waals surface area contributed by atoms with Gasteiger partial charge in [0.05, 0.1) is 0 Å². The van der Waals surface area contributed by atoms with Gasteiger partial charge in [-0.1, -0.05) is 0 Å². The summed E-state index contributed by atoms with van der Waals surface area (Å²) in [4.78, 5) is 13.3. The van der Waals surface area contributed by atoms with Crippen LogP contribution >= 0.6 is 0 Å². The van der Waals surface area contributed by atoms with Crippen LogP contribution in [-0.4, -0.2) is 67.3 Å². The maximum atomic E-state index is 11.6. The zero-order chi connectivity index (χ0) is 14.0. The molecule has 106 valence electrons. The molecule has 1 aliphatic heterocycles. The summed E-state index contributed by atoms with van der Waals surface area (Å²) in [6, 6.07) is 1.64. The molecule has 19 heavy (non-hydrogen) atoms. The van der Waals surface area contributed by atoms with Gasteiger partial charge in [0.1, 0.15) is 0 Å². The predicted octanol–water partition coefficient (Wildman–Crippen LogP) is -0.926. The maximum absolute atomic E-state index is 11.6. The zero-order valence-corrected chi connectivity index (χ0v) is 12.1. The van der Waals surface area contributed by atoms with E-state index in [2.05, 4.69) is 0 Å². The van der Waals surface area contributed by atoms with Gasteiger partial charge in [0.2, 0.25) is 0 Å². The summed E-state index contributed by atoms with van der Waals surface area (Å²) in [5, 5.41) is 28.6. The van der Waals surface area contributed by atoms with E-state index in [1.54, 1.807) is 17.9 Å². The first-order valence-corrected chi connectivity index (χ1v) is 7.81. The number of aliphatic hydroxyl groups excluding tert-OH is 3. The van der Waals surface area contributed by atoms with E-state index in [0.29, 0.717) is 12.2 Å². The third-order valence-electron chi connectivity index (χ3n) is 2.95. The van der Waals surface area contributed by atoms with E-state index in [9.17, 15) is 15.0 Å². The fourth-order valence-corrected chi connectivity index (χ4v) is 3.95. The number of esters is 1. The van der Waals surface area contributed by atoms with Crippen LogP contribution < -0.4 is 0 Å². The Labute approximate surface area is 116 Å². The molecule has 1 saturated heterocycles. The van der Waals surface area contributed by atoms with Crippen LogP contribution in [0.1, 0.15) is 27.8 Å². The summed E-state index contributed by atoms with van der Waals surface area (Å²) in [6.45, 7) is 1.68. The number of hydrogen-bond donors (Lipinski definition) is 3. The van der Waals surface area contributed by atoms with Gasteiger partial charge in [-0.05, 0) is 0 Å². The Morgan fingerprint density at radius 2 is 2.21 bits per heavy atom. The Morgan fingerprint density at radius 1 is 1.47 bits per heavy atom. The SMILES string of the molecule is CCOC(=O)c1c[se]c([C@H]2O[C@H](CO)[C@@H](O)[C@H]2O)c1. The molecule has 0 aliphatic carbocycles. The van der Waals surface area contributed by atoms with E-state index in [-0.39, 0.29) is 21.1 Å². The summed E-state index contributed by atoms with van der Waals surface area (Å²) >= 11 is -0.127. The molecule has 2 rings (SSSR count). The van der Waals surface area contributed by atoms with Crippen molar-refractivity contribution in [3.05, 3.63) is 21.0 Å². The van der Waals surface area contributed by atoms with Gasteiger partial charge in [-0.3, -0.25) is 0 Å². The molecule has 3 N–H and O–H groups in total. The van der Waals surface area contributed by atoms with Gasteiger partial charge >= 0.3 is 116 Å². The first kappa shape index (κ1) is 14.7. The van der Waals surface area contributed by atoms with Crippen molar-refractivity contribution in [1.82, 2.24) is 0 Å². The van der Waals surface area contributed by atoms with Gasteiger partial charge in [0, 0.05) is 0 Å². The van der Waals surface area contributed by atoms with Crippen LogP contribution in [0.3, 0.4) is 0 Å². The second-order valence-corrected chi connectivity index (χ2v) is 6.20. The number of carbonyl (C=O) groups is 1. The number of aliphatic hydroxyl groups is 3. The average Bonchev–Trinajstić information content (AvgIpc) is 2.97. The molecule has 6 nitrogen and oxygen atoms in total. The Bertz CT molecular complexity index is 445. The van der Waals surface area contributed by atoms with Crippen LogP contribution in [0.4, 0.5) is 0 Å². The quantitative estimate of drug-likeness (QED) is 0.486.